The zero-order chi connectivity index (χ0) is 14.4. The molecular weight excluding hydrogens is 252 g/mol. The smallest absolute Gasteiger partial charge is 0.315 e. The summed E-state index contributed by atoms with van der Waals surface area (Å²) in [5.74, 6) is -0.605. The maximum Gasteiger partial charge on any atom is 0.315 e. The Hall–Kier alpha value is -2.12. The van der Waals surface area contributed by atoms with Gasteiger partial charge >= 0.3 is 12.0 Å². The highest BCUT2D eigenvalue weighted by Gasteiger charge is 2.20. The van der Waals surface area contributed by atoms with Crippen LogP contribution in [0.4, 0.5) is 4.79 Å². The highest BCUT2D eigenvalue weighted by atomic mass is 16.5. The molecule has 0 aromatic carbocycles. The number of rotatable bonds is 6. The van der Waals surface area contributed by atoms with Gasteiger partial charge in [-0.1, -0.05) is 5.16 Å². The summed E-state index contributed by atoms with van der Waals surface area (Å²) in [5, 5.41) is 17.6. The minimum absolute atomic E-state index is 0.335. The number of aromatic nitrogens is 2. The zero-order valence-corrected chi connectivity index (χ0v) is 11.1. The average Bonchev–Trinajstić information content (AvgIpc) is 2.73. The number of carbonyl (C=O) groups is 2. The van der Waals surface area contributed by atoms with E-state index in [4.69, 9.17) is 9.63 Å². The number of amides is 2. The molecule has 3 N–H and O–H groups in total. The van der Waals surface area contributed by atoms with E-state index < -0.39 is 24.0 Å². The second kappa shape index (κ2) is 6.72. The van der Waals surface area contributed by atoms with Crippen LogP contribution in [0.5, 0.6) is 0 Å². The summed E-state index contributed by atoms with van der Waals surface area (Å²) in [7, 11) is 0. The van der Waals surface area contributed by atoms with Crippen LogP contribution in [0.2, 0.25) is 0 Å². The number of hydrogen-bond acceptors (Lipinski definition) is 5. The molecule has 2 atom stereocenters. The molecule has 106 valence electrons. The van der Waals surface area contributed by atoms with Crippen molar-refractivity contribution in [1.29, 1.82) is 0 Å². The summed E-state index contributed by atoms with van der Waals surface area (Å²) in [4.78, 5) is 26.2. The van der Waals surface area contributed by atoms with Gasteiger partial charge in [-0.2, -0.15) is 4.98 Å². The molecule has 0 saturated heterocycles. The maximum atomic E-state index is 11.5. The molecule has 1 heterocycles. The number of carboxylic acids is 1. The van der Waals surface area contributed by atoms with E-state index in [1.165, 1.54) is 6.92 Å². The van der Waals surface area contributed by atoms with Gasteiger partial charge < -0.3 is 20.3 Å². The fourth-order valence-corrected chi connectivity index (χ4v) is 1.32. The lowest BCUT2D eigenvalue weighted by molar-refractivity contribution is -0.141. The van der Waals surface area contributed by atoms with Crippen molar-refractivity contribution in [3.8, 4) is 0 Å². The third kappa shape index (κ3) is 4.94. The van der Waals surface area contributed by atoms with Gasteiger partial charge in [0.25, 0.3) is 0 Å². The summed E-state index contributed by atoms with van der Waals surface area (Å²) in [6.07, 6.45) is 0.428. The minimum atomic E-state index is -0.950. The Labute approximate surface area is 110 Å². The van der Waals surface area contributed by atoms with E-state index in [2.05, 4.69) is 20.8 Å². The Balaban J connectivity index is 2.26. The number of carboxylic acid groups (broad SMARTS) is 1. The van der Waals surface area contributed by atoms with Crippen LogP contribution in [0.15, 0.2) is 4.52 Å². The van der Waals surface area contributed by atoms with Gasteiger partial charge in [-0.05, 0) is 20.8 Å². The molecule has 1 aromatic rings. The number of aryl methyl sites for hydroxylation is 1. The molecule has 8 heteroatoms. The van der Waals surface area contributed by atoms with Crippen LogP contribution in [0.3, 0.4) is 0 Å². The summed E-state index contributed by atoms with van der Waals surface area (Å²) in [6.45, 7) is 5.22. The quantitative estimate of drug-likeness (QED) is 0.685. The van der Waals surface area contributed by atoms with Gasteiger partial charge in [-0.25, -0.2) is 4.79 Å². The van der Waals surface area contributed by atoms with Crippen molar-refractivity contribution in [2.45, 2.75) is 33.2 Å². The zero-order valence-electron chi connectivity index (χ0n) is 11.1. The standard InChI is InChI=1S/C11H18N4O4/c1-6(10(16)17)7(2)13-11(18)12-5-4-9-14-8(3)15-19-9/h6-7H,4-5H2,1-3H3,(H,16,17)(H2,12,13,18). The molecule has 0 radical (unpaired) electrons. The van der Waals surface area contributed by atoms with E-state index in [9.17, 15) is 9.59 Å². The Bertz CT molecular complexity index is 446. The molecule has 1 rings (SSSR count). The number of nitrogens with one attached hydrogen (secondary N) is 2. The van der Waals surface area contributed by atoms with Gasteiger partial charge in [0.05, 0.1) is 5.92 Å². The average molecular weight is 270 g/mol. The lowest BCUT2D eigenvalue weighted by Gasteiger charge is -2.17. The maximum absolute atomic E-state index is 11.5. The molecule has 0 aliphatic heterocycles. The highest BCUT2D eigenvalue weighted by molar-refractivity contribution is 5.76. The van der Waals surface area contributed by atoms with Crippen molar-refractivity contribution in [2.24, 2.45) is 5.92 Å². The van der Waals surface area contributed by atoms with Crippen molar-refractivity contribution < 1.29 is 19.2 Å². The Morgan fingerprint density at radius 1 is 1.42 bits per heavy atom. The third-order valence-corrected chi connectivity index (χ3v) is 2.69. The van der Waals surface area contributed by atoms with E-state index in [0.717, 1.165) is 0 Å². The first-order valence-corrected chi connectivity index (χ1v) is 5.96. The highest BCUT2D eigenvalue weighted by Crippen LogP contribution is 2.01. The van der Waals surface area contributed by atoms with Crippen LogP contribution in [-0.4, -0.2) is 39.8 Å². The lowest BCUT2D eigenvalue weighted by atomic mass is 10.0. The number of carbonyl (C=O) groups excluding carboxylic acids is 1. The van der Waals surface area contributed by atoms with Crippen molar-refractivity contribution in [2.75, 3.05) is 6.54 Å². The van der Waals surface area contributed by atoms with E-state index in [1.54, 1.807) is 13.8 Å². The molecule has 0 bridgehead atoms. The largest absolute Gasteiger partial charge is 0.481 e. The van der Waals surface area contributed by atoms with Crippen LogP contribution in [0.1, 0.15) is 25.6 Å². The fourth-order valence-electron chi connectivity index (χ4n) is 1.32. The van der Waals surface area contributed by atoms with Crippen LogP contribution in [-0.2, 0) is 11.2 Å². The van der Waals surface area contributed by atoms with Gasteiger partial charge in [-0.15, -0.1) is 0 Å². The molecule has 0 fully saturated rings. The predicted octanol–water partition coefficient (Wildman–Crippen LogP) is 0.329. The van der Waals surface area contributed by atoms with Crippen LogP contribution >= 0.6 is 0 Å². The molecular formula is C11H18N4O4. The van der Waals surface area contributed by atoms with Gasteiger partial charge in [0.1, 0.15) is 0 Å². The second-order valence-electron chi connectivity index (χ2n) is 4.30. The van der Waals surface area contributed by atoms with Crippen molar-refractivity contribution in [3.05, 3.63) is 11.7 Å². The molecule has 2 unspecified atom stereocenters. The molecule has 0 aliphatic carbocycles. The van der Waals surface area contributed by atoms with E-state index in [1.807, 2.05) is 0 Å². The first-order chi connectivity index (χ1) is 8.90. The first-order valence-electron chi connectivity index (χ1n) is 5.96. The van der Waals surface area contributed by atoms with E-state index in [-0.39, 0.29) is 0 Å². The third-order valence-electron chi connectivity index (χ3n) is 2.69. The number of hydrogen-bond donors (Lipinski definition) is 3. The Morgan fingerprint density at radius 2 is 2.11 bits per heavy atom. The molecule has 0 aliphatic rings. The molecule has 1 aromatic heterocycles. The Morgan fingerprint density at radius 3 is 2.63 bits per heavy atom. The van der Waals surface area contributed by atoms with E-state index >= 15 is 0 Å². The first kappa shape index (κ1) is 14.9. The van der Waals surface area contributed by atoms with Gasteiger partial charge in [0.2, 0.25) is 5.89 Å². The molecule has 8 nitrogen and oxygen atoms in total. The fraction of sp³-hybridized carbons (Fsp3) is 0.636. The Kier molecular flexibility index (Phi) is 5.28. The molecule has 0 spiro atoms. The van der Waals surface area contributed by atoms with Crippen molar-refractivity contribution >= 4 is 12.0 Å². The lowest BCUT2D eigenvalue weighted by Crippen LogP contribution is -2.45. The molecule has 19 heavy (non-hydrogen) atoms. The van der Waals surface area contributed by atoms with Crippen LogP contribution in [0, 0.1) is 12.8 Å². The van der Waals surface area contributed by atoms with Crippen LogP contribution < -0.4 is 10.6 Å². The second-order valence-corrected chi connectivity index (χ2v) is 4.30. The van der Waals surface area contributed by atoms with Crippen molar-refractivity contribution in [3.63, 3.8) is 0 Å². The summed E-state index contributed by atoms with van der Waals surface area (Å²) >= 11 is 0. The number of aliphatic carboxylic acids is 1. The summed E-state index contributed by atoms with van der Waals surface area (Å²) in [6, 6.07) is -0.875. The molecule has 0 saturated carbocycles. The monoisotopic (exact) mass is 270 g/mol. The van der Waals surface area contributed by atoms with Gasteiger partial charge in [-0.3, -0.25) is 4.79 Å². The number of nitrogens with zero attached hydrogens (tertiary/aromatic N) is 2. The van der Waals surface area contributed by atoms with Gasteiger partial charge in [0, 0.05) is 19.0 Å². The topological polar surface area (TPSA) is 117 Å². The predicted molar refractivity (Wildman–Crippen MR) is 65.5 cm³/mol. The summed E-state index contributed by atoms with van der Waals surface area (Å²) < 4.78 is 4.89. The minimum Gasteiger partial charge on any atom is -0.481 e. The SMILES string of the molecule is Cc1noc(CCNC(=O)NC(C)C(C)C(=O)O)n1. The van der Waals surface area contributed by atoms with E-state index in [0.29, 0.717) is 24.7 Å². The van der Waals surface area contributed by atoms with Crippen molar-refractivity contribution in [1.82, 2.24) is 20.8 Å². The summed E-state index contributed by atoms with van der Waals surface area (Å²) in [5.41, 5.74) is 0. The normalized spacial score (nSPS) is 13.6. The van der Waals surface area contributed by atoms with Gasteiger partial charge in [0.15, 0.2) is 5.82 Å². The van der Waals surface area contributed by atoms with Crippen LogP contribution in [0.25, 0.3) is 0 Å². The molecule has 2 amide bonds. The number of urea groups is 1.